The zero-order chi connectivity index (χ0) is 23.4. The molecule has 3 aromatic rings. The number of rotatable bonds is 7. The summed E-state index contributed by atoms with van der Waals surface area (Å²) in [7, 11) is -3.16. The van der Waals surface area contributed by atoms with Gasteiger partial charge in [0.2, 0.25) is 0 Å². The Morgan fingerprint density at radius 3 is 2.09 bits per heavy atom. The molecule has 0 aromatic heterocycles. The minimum absolute atomic E-state index is 0.0604. The number of para-hydroxylation sites is 1. The number of benzene rings is 3. The van der Waals surface area contributed by atoms with E-state index in [1.165, 1.54) is 4.90 Å². The minimum atomic E-state index is -3.16. The van der Waals surface area contributed by atoms with Gasteiger partial charge in [0, 0.05) is 21.8 Å². The van der Waals surface area contributed by atoms with Crippen molar-refractivity contribution in [1.82, 2.24) is 0 Å². The van der Waals surface area contributed by atoms with Gasteiger partial charge in [0.15, 0.2) is 22.2 Å². The molecule has 0 radical (unpaired) electrons. The first kappa shape index (κ1) is 23.0. The lowest BCUT2D eigenvalue weighted by Gasteiger charge is -2.28. The molecule has 3 aromatic carbocycles. The maximum atomic E-state index is 13.0. The predicted molar refractivity (Wildman–Crippen MR) is 128 cm³/mol. The van der Waals surface area contributed by atoms with Gasteiger partial charge in [0.1, 0.15) is 5.75 Å². The number of carbonyl (C=O) groups excluding carboxylic acids is 2. The molecule has 1 aliphatic heterocycles. The number of sulfone groups is 1. The minimum Gasteiger partial charge on any atom is -0.484 e. The molecule has 6 nitrogen and oxygen atoms in total. The van der Waals surface area contributed by atoms with Crippen LogP contribution in [-0.2, 0) is 14.6 Å². The van der Waals surface area contributed by atoms with E-state index in [4.69, 9.17) is 16.3 Å². The normalized spacial score (nSPS) is 16.8. The van der Waals surface area contributed by atoms with E-state index in [1.807, 2.05) is 6.07 Å². The lowest BCUT2D eigenvalue weighted by Crippen LogP contribution is -2.43. The first-order valence-corrected chi connectivity index (χ1v) is 12.6. The smallest absolute Gasteiger partial charge is 0.265 e. The van der Waals surface area contributed by atoms with Crippen molar-refractivity contribution in [3.8, 4) is 5.75 Å². The molecule has 1 atom stereocenters. The topological polar surface area (TPSA) is 80.8 Å². The maximum absolute atomic E-state index is 13.0. The Bertz CT molecular complexity index is 1240. The fourth-order valence-electron chi connectivity index (χ4n) is 3.81. The molecule has 33 heavy (non-hydrogen) atoms. The number of anilines is 1. The summed E-state index contributed by atoms with van der Waals surface area (Å²) in [6.07, 6.45) is 0.393. The summed E-state index contributed by atoms with van der Waals surface area (Å²) in [5.74, 6) is -0.0346. The number of hydrogen-bond acceptors (Lipinski definition) is 5. The number of ketones is 1. The first-order valence-electron chi connectivity index (χ1n) is 10.4. The fraction of sp³-hybridized carbons (Fsp3) is 0.200. The summed E-state index contributed by atoms with van der Waals surface area (Å²) in [6, 6.07) is 21.7. The Morgan fingerprint density at radius 1 is 0.909 bits per heavy atom. The summed E-state index contributed by atoms with van der Waals surface area (Å²) in [6.45, 7) is -0.254. The van der Waals surface area contributed by atoms with E-state index in [0.717, 1.165) is 0 Å². The zero-order valence-electron chi connectivity index (χ0n) is 17.7. The summed E-state index contributed by atoms with van der Waals surface area (Å²) >= 11 is 5.87. The average Bonchev–Trinajstić information content (AvgIpc) is 3.18. The highest BCUT2D eigenvalue weighted by Crippen LogP contribution is 2.25. The van der Waals surface area contributed by atoms with Gasteiger partial charge in [-0.25, -0.2) is 8.42 Å². The van der Waals surface area contributed by atoms with Gasteiger partial charge in [-0.1, -0.05) is 29.8 Å². The van der Waals surface area contributed by atoms with E-state index in [0.29, 0.717) is 34.0 Å². The highest BCUT2D eigenvalue weighted by Gasteiger charge is 2.35. The lowest BCUT2D eigenvalue weighted by molar-refractivity contribution is -0.121. The van der Waals surface area contributed by atoms with Crippen LogP contribution in [-0.4, -0.2) is 44.3 Å². The van der Waals surface area contributed by atoms with Gasteiger partial charge >= 0.3 is 0 Å². The van der Waals surface area contributed by atoms with E-state index in [-0.39, 0.29) is 29.8 Å². The van der Waals surface area contributed by atoms with Crippen LogP contribution in [0.1, 0.15) is 22.3 Å². The molecule has 1 fully saturated rings. The van der Waals surface area contributed by atoms with Crippen molar-refractivity contribution in [2.24, 2.45) is 0 Å². The van der Waals surface area contributed by atoms with Crippen LogP contribution >= 0.6 is 11.6 Å². The molecule has 1 amide bonds. The van der Waals surface area contributed by atoms with Crippen LogP contribution in [0.4, 0.5) is 5.69 Å². The number of nitrogens with zero attached hydrogens (tertiary/aromatic N) is 1. The Kier molecular flexibility index (Phi) is 6.81. The van der Waals surface area contributed by atoms with Gasteiger partial charge in [0.05, 0.1) is 17.5 Å². The van der Waals surface area contributed by atoms with Gasteiger partial charge in [-0.2, -0.15) is 0 Å². The van der Waals surface area contributed by atoms with Crippen LogP contribution in [0.5, 0.6) is 5.75 Å². The number of hydrogen-bond donors (Lipinski definition) is 0. The molecule has 0 unspecified atom stereocenters. The second-order valence-electron chi connectivity index (χ2n) is 7.81. The van der Waals surface area contributed by atoms with Crippen LogP contribution in [0.3, 0.4) is 0 Å². The number of carbonyl (C=O) groups is 2. The number of ether oxygens (including phenoxy) is 1. The van der Waals surface area contributed by atoms with E-state index >= 15 is 0 Å². The third-order valence-corrected chi connectivity index (χ3v) is 7.46. The van der Waals surface area contributed by atoms with Crippen molar-refractivity contribution in [2.45, 2.75) is 12.5 Å². The van der Waals surface area contributed by atoms with Gasteiger partial charge in [-0.05, 0) is 67.1 Å². The van der Waals surface area contributed by atoms with E-state index in [1.54, 1.807) is 72.8 Å². The van der Waals surface area contributed by atoms with Crippen LogP contribution in [0.15, 0.2) is 78.9 Å². The molecule has 1 heterocycles. The third kappa shape index (κ3) is 5.61. The van der Waals surface area contributed by atoms with Crippen molar-refractivity contribution in [2.75, 3.05) is 23.0 Å². The summed E-state index contributed by atoms with van der Waals surface area (Å²) in [5.41, 5.74) is 1.64. The molecule has 0 N–H and O–H groups in total. The zero-order valence-corrected chi connectivity index (χ0v) is 19.3. The molecule has 4 rings (SSSR count). The standard InChI is InChI=1S/C25H22ClNO5S/c26-20-10-6-18(7-11-20)25(29)19-8-12-23(13-9-19)32-16-24(28)27(21-4-2-1-3-5-21)22-14-15-33(30,31)17-22/h1-13,22H,14-17H2/t22-/m0/s1. The van der Waals surface area contributed by atoms with Crippen LogP contribution in [0, 0.1) is 0 Å². The van der Waals surface area contributed by atoms with Crippen molar-refractivity contribution >= 4 is 38.8 Å². The predicted octanol–water partition coefficient (Wildman–Crippen LogP) is 4.17. The van der Waals surface area contributed by atoms with E-state index in [2.05, 4.69) is 0 Å². The quantitative estimate of drug-likeness (QED) is 0.471. The number of amides is 1. The molecule has 0 aliphatic carbocycles. The summed E-state index contributed by atoms with van der Waals surface area (Å²) < 4.78 is 29.6. The second kappa shape index (κ2) is 9.77. The molecule has 1 saturated heterocycles. The SMILES string of the molecule is O=C(c1ccc(Cl)cc1)c1ccc(OCC(=O)N(c2ccccc2)[C@H]2CCS(=O)(=O)C2)cc1. The van der Waals surface area contributed by atoms with E-state index in [9.17, 15) is 18.0 Å². The Labute approximate surface area is 197 Å². The molecule has 0 spiro atoms. The summed E-state index contributed by atoms with van der Waals surface area (Å²) in [4.78, 5) is 27.1. The monoisotopic (exact) mass is 483 g/mol. The van der Waals surface area contributed by atoms with Gasteiger partial charge < -0.3 is 9.64 Å². The lowest BCUT2D eigenvalue weighted by atomic mass is 10.0. The van der Waals surface area contributed by atoms with Gasteiger partial charge in [0.25, 0.3) is 5.91 Å². The fourth-order valence-corrected chi connectivity index (χ4v) is 5.64. The molecule has 0 saturated carbocycles. The van der Waals surface area contributed by atoms with E-state index < -0.39 is 15.9 Å². The second-order valence-corrected chi connectivity index (χ2v) is 10.5. The third-order valence-electron chi connectivity index (χ3n) is 5.46. The molecule has 170 valence electrons. The van der Waals surface area contributed by atoms with Crippen LogP contribution in [0.25, 0.3) is 0 Å². The molecule has 8 heteroatoms. The molecule has 1 aliphatic rings. The highest BCUT2D eigenvalue weighted by atomic mass is 35.5. The summed E-state index contributed by atoms with van der Waals surface area (Å²) in [5, 5.41) is 0.555. The van der Waals surface area contributed by atoms with Crippen molar-refractivity contribution < 1.29 is 22.7 Å². The maximum Gasteiger partial charge on any atom is 0.265 e. The largest absolute Gasteiger partial charge is 0.484 e. The molecule has 0 bridgehead atoms. The van der Waals surface area contributed by atoms with Crippen molar-refractivity contribution in [1.29, 1.82) is 0 Å². The van der Waals surface area contributed by atoms with Crippen LogP contribution < -0.4 is 9.64 Å². The Balaban J connectivity index is 1.44. The molecular weight excluding hydrogens is 462 g/mol. The van der Waals surface area contributed by atoms with Gasteiger partial charge in [-0.3, -0.25) is 9.59 Å². The van der Waals surface area contributed by atoms with Crippen molar-refractivity contribution in [3.63, 3.8) is 0 Å². The number of halogens is 1. The average molecular weight is 484 g/mol. The van der Waals surface area contributed by atoms with Crippen molar-refractivity contribution in [3.05, 3.63) is 95.0 Å². The van der Waals surface area contributed by atoms with Gasteiger partial charge in [-0.15, -0.1) is 0 Å². The first-order chi connectivity index (χ1) is 15.8. The van der Waals surface area contributed by atoms with Crippen LogP contribution in [0.2, 0.25) is 5.02 Å². The highest BCUT2D eigenvalue weighted by molar-refractivity contribution is 7.91. The Morgan fingerprint density at radius 2 is 1.52 bits per heavy atom. The molecular formula is C25H22ClNO5S. The Hall–Kier alpha value is -3.16.